The number of aliphatic carboxylic acids is 1. The zero-order valence-electron chi connectivity index (χ0n) is 6.89. The summed E-state index contributed by atoms with van der Waals surface area (Å²) in [6.45, 7) is 3.47. The first kappa shape index (κ1) is 11.0. The van der Waals surface area contributed by atoms with Crippen LogP contribution in [0.3, 0.4) is 0 Å². The topological polar surface area (TPSA) is 55.1 Å². The van der Waals surface area contributed by atoms with Crippen molar-refractivity contribution in [3.05, 3.63) is 18.0 Å². The Labute approximate surface area is 76.6 Å². The lowest BCUT2D eigenvalue weighted by atomic mass is 10.3. The van der Waals surface area contributed by atoms with E-state index in [0.717, 1.165) is 5.56 Å². The Balaban J connectivity index is 0.00000121. The molecule has 0 saturated carbocycles. The first-order chi connectivity index (χ1) is 5.11. The Morgan fingerprint density at radius 3 is 2.67 bits per heavy atom. The van der Waals surface area contributed by atoms with Gasteiger partial charge in [0.25, 0.3) is 0 Å². The molecule has 68 valence electrons. The van der Waals surface area contributed by atoms with Gasteiger partial charge >= 0.3 is 5.97 Å². The quantitative estimate of drug-likeness (QED) is 0.764. The van der Waals surface area contributed by atoms with Gasteiger partial charge in [0.05, 0.1) is 6.20 Å². The largest absolute Gasteiger partial charge is 0.480 e. The molecule has 0 amide bonds. The Morgan fingerprint density at radius 1 is 1.75 bits per heavy atom. The summed E-state index contributed by atoms with van der Waals surface area (Å²) in [7, 11) is 0. The van der Waals surface area contributed by atoms with Crippen LogP contribution < -0.4 is 0 Å². The number of hydrogen-bond acceptors (Lipinski definition) is 2. The highest BCUT2D eigenvalue weighted by atomic mass is 35.5. The molecule has 0 aliphatic heterocycles. The van der Waals surface area contributed by atoms with Crippen LogP contribution >= 0.6 is 12.4 Å². The van der Waals surface area contributed by atoms with E-state index in [1.807, 2.05) is 6.92 Å². The third-order valence-electron chi connectivity index (χ3n) is 1.48. The number of halogens is 1. The molecular weight excluding hydrogens is 180 g/mol. The molecule has 1 unspecified atom stereocenters. The zero-order valence-corrected chi connectivity index (χ0v) is 7.71. The van der Waals surface area contributed by atoms with E-state index < -0.39 is 12.0 Å². The van der Waals surface area contributed by atoms with Crippen molar-refractivity contribution in [1.29, 1.82) is 0 Å². The van der Waals surface area contributed by atoms with Crippen LogP contribution in [-0.4, -0.2) is 20.9 Å². The van der Waals surface area contributed by atoms with Gasteiger partial charge in [0, 0.05) is 6.20 Å². The van der Waals surface area contributed by atoms with Gasteiger partial charge in [-0.05, 0) is 19.4 Å². The monoisotopic (exact) mass is 190 g/mol. The predicted octanol–water partition coefficient (Wildman–Crippen LogP) is 1.26. The van der Waals surface area contributed by atoms with Gasteiger partial charge < -0.3 is 5.11 Å². The summed E-state index contributed by atoms with van der Waals surface area (Å²) in [6, 6.07) is -0.580. The third kappa shape index (κ3) is 2.23. The minimum Gasteiger partial charge on any atom is -0.480 e. The third-order valence-corrected chi connectivity index (χ3v) is 1.48. The summed E-state index contributed by atoms with van der Waals surface area (Å²) in [6.07, 6.45) is 3.35. The SMILES string of the molecule is Cc1cnn(C(C)C(=O)O)c1.Cl. The second kappa shape index (κ2) is 4.11. The standard InChI is InChI=1S/C7H10N2O2.ClH/c1-5-3-8-9(4-5)6(2)7(10)11;/h3-4,6H,1-2H3,(H,10,11);1H. The van der Waals surface area contributed by atoms with Crippen molar-refractivity contribution in [3.63, 3.8) is 0 Å². The van der Waals surface area contributed by atoms with Crippen LogP contribution in [-0.2, 0) is 4.79 Å². The average Bonchev–Trinajstić information content (AvgIpc) is 2.34. The minimum absolute atomic E-state index is 0. The van der Waals surface area contributed by atoms with Crippen molar-refractivity contribution in [1.82, 2.24) is 9.78 Å². The van der Waals surface area contributed by atoms with Gasteiger partial charge in [-0.2, -0.15) is 5.10 Å². The fourth-order valence-corrected chi connectivity index (χ4v) is 0.758. The van der Waals surface area contributed by atoms with Crippen molar-refractivity contribution in [2.75, 3.05) is 0 Å². The van der Waals surface area contributed by atoms with Crippen molar-refractivity contribution >= 4 is 18.4 Å². The van der Waals surface area contributed by atoms with Gasteiger partial charge in [0.1, 0.15) is 6.04 Å². The van der Waals surface area contributed by atoms with E-state index in [2.05, 4.69) is 5.10 Å². The number of aromatic nitrogens is 2. The van der Waals surface area contributed by atoms with Gasteiger partial charge in [-0.15, -0.1) is 12.4 Å². The molecule has 0 spiro atoms. The molecule has 1 rings (SSSR count). The predicted molar refractivity (Wildman–Crippen MR) is 46.6 cm³/mol. The van der Waals surface area contributed by atoms with E-state index in [9.17, 15) is 4.79 Å². The maximum Gasteiger partial charge on any atom is 0.328 e. The molecule has 12 heavy (non-hydrogen) atoms. The molecule has 0 aromatic carbocycles. The summed E-state index contributed by atoms with van der Waals surface area (Å²) in [4.78, 5) is 10.4. The number of carbonyl (C=O) groups is 1. The van der Waals surface area contributed by atoms with E-state index in [4.69, 9.17) is 5.11 Å². The Kier molecular flexibility index (Phi) is 3.76. The molecule has 0 radical (unpaired) electrons. The van der Waals surface area contributed by atoms with E-state index in [0.29, 0.717) is 0 Å². The number of nitrogens with zero attached hydrogens (tertiary/aromatic N) is 2. The van der Waals surface area contributed by atoms with E-state index in [1.165, 1.54) is 4.68 Å². The van der Waals surface area contributed by atoms with Crippen molar-refractivity contribution < 1.29 is 9.90 Å². The summed E-state index contributed by atoms with van der Waals surface area (Å²) in [5, 5.41) is 12.5. The molecular formula is C7H11ClN2O2. The number of rotatable bonds is 2. The molecule has 1 atom stereocenters. The second-order valence-corrected chi connectivity index (χ2v) is 2.51. The van der Waals surface area contributed by atoms with Crippen molar-refractivity contribution in [3.8, 4) is 0 Å². The molecule has 1 heterocycles. The normalized spacial score (nSPS) is 11.8. The fourth-order valence-electron chi connectivity index (χ4n) is 0.758. The summed E-state index contributed by atoms with van der Waals surface area (Å²) in [5.74, 6) is -0.867. The second-order valence-electron chi connectivity index (χ2n) is 2.51. The first-order valence-corrected chi connectivity index (χ1v) is 3.35. The van der Waals surface area contributed by atoms with Gasteiger partial charge in [0.15, 0.2) is 0 Å². The van der Waals surface area contributed by atoms with Crippen LogP contribution in [0.1, 0.15) is 18.5 Å². The van der Waals surface area contributed by atoms with E-state index >= 15 is 0 Å². The smallest absolute Gasteiger partial charge is 0.328 e. The maximum atomic E-state index is 10.4. The van der Waals surface area contributed by atoms with E-state index in [-0.39, 0.29) is 12.4 Å². The van der Waals surface area contributed by atoms with Gasteiger partial charge in [-0.25, -0.2) is 4.79 Å². The van der Waals surface area contributed by atoms with Crippen molar-refractivity contribution in [2.45, 2.75) is 19.9 Å². The molecule has 1 aromatic heterocycles. The number of aryl methyl sites for hydroxylation is 1. The summed E-state index contributed by atoms with van der Waals surface area (Å²) >= 11 is 0. The minimum atomic E-state index is -0.867. The van der Waals surface area contributed by atoms with Crippen LogP contribution in [0, 0.1) is 6.92 Å². The number of carboxylic acids is 1. The Morgan fingerprint density at radius 2 is 2.33 bits per heavy atom. The first-order valence-electron chi connectivity index (χ1n) is 3.35. The highest BCUT2D eigenvalue weighted by Gasteiger charge is 2.12. The Bertz CT molecular complexity index is 272. The zero-order chi connectivity index (χ0) is 8.43. The molecule has 1 aromatic rings. The lowest BCUT2D eigenvalue weighted by Gasteiger charge is -2.04. The lowest BCUT2D eigenvalue weighted by molar-refractivity contribution is -0.140. The highest BCUT2D eigenvalue weighted by Crippen LogP contribution is 2.04. The lowest BCUT2D eigenvalue weighted by Crippen LogP contribution is -2.15. The molecule has 4 nitrogen and oxygen atoms in total. The number of hydrogen-bond donors (Lipinski definition) is 1. The van der Waals surface area contributed by atoms with Crippen LogP contribution in [0.4, 0.5) is 0 Å². The molecule has 0 fully saturated rings. The van der Waals surface area contributed by atoms with Crippen LogP contribution in [0.25, 0.3) is 0 Å². The van der Waals surface area contributed by atoms with E-state index in [1.54, 1.807) is 19.3 Å². The van der Waals surface area contributed by atoms with Crippen LogP contribution in [0.5, 0.6) is 0 Å². The molecule has 0 aliphatic rings. The molecule has 0 aliphatic carbocycles. The fraction of sp³-hybridized carbons (Fsp3) is 0.429. The molecule has 5 heteroatoms. The average molecular weight is 191 g/mol. The summed E-state index contributed by atoms with van der Waals surface area (Å²) < 4.78 is 1.43. The molecule has 0 saturated heterocycles. The van der Waals surface area contributed by atoms with Gasteiger partial charge in [0.2, 0.25) is 0 Å². The van der Waals surface area contributed by atoms with Crippen LogP contribution in [0.15, 0.2) is 12.4 Å². The number of carboxylic acid groups (broad SMARTS) is 1. The summed E-state index contributed by atoms with van der Waals surface area (Å²) in [5.41, 5.74) is 0.970. The maximum absolute atomic E-state index is 10.4. The Hall–Kier alpha value is -1.03. The molecule has 1 N–H and O–H groups in total. The van der Waals surface area contributed by atoms with Crippen molar-refractivity contribution in [2.24, 2.45) is 0 Å². The highest BCUT2D eigenvalue weighted by molar-refractivity contribution is 5.85. The molecule has 0 bridgehead atoms. The van der Waals surface area contributed by atoms with Gasteiger partial charge in [-0.3, -0.25) is 4.68 Å². The van der Waals surface area contributed by atoms with Gasteiger partial charge in [-0.1, -0.05) is 0 Å². The van der Waals surface area contributed by atoms with Crippen LogP contribution in [0.2, 0.25) is 0 Å².